The Kier molecular flexibility index (Phi) is 4.91. The number of amides is 1. The second-order valence-electron chi connectivity index (χ2n) is 4.96. The molecule has 0 bridgehead atoms. The van der Waals surface area contributed by atoms with Gasteiger partial charge in [-0.25, -0.2) is 9.18 Å². The fourth-order valence-corrected chi connectivity index (χ4v) is 2.03. The van der Waals surface area contributed by atoms with Crippen molar-refractivity contribution < 1.29 is 27.5 Å². The van der Waals surface area contributed by atoms with E-state index in [2.05, 4.69) is 15.6 Å². The average molecular weight is 343 g/mol. The highest BCUT2D eigenvalue weighted by atomic mass is 19.4. The summed E-state index contributed by atoms with van der Waals surface area (Å²) in [7, 11) is 0. The molecule has 1 aromatic heterocycles. The van der Waals surface area contributed by atoms with Gasteiger partial charge in [0.2, 0.25) is 0 Å². The van der Waals surface area contributed by atoms with E-state index in [9.17, 15) is 22.4 Å². The van der Waals surface area contributed by atoms with Crippen LogP contribution in [0.4, 0.5) is 33.7 Å². The normalized spacial score (nSPS) is 11.2. The van der Waals surface area contributed by atoms with E-state index in [4.69, 9.17) is 5.11 Å². The van der Waals surface area contributed by atoms with Crippen LogP contribution < -0.4 is 10.6 Å². The zero-order chi connectivity index (χ0) is 17.9. The fraction of sp³-hybridized carbons (Fsp3) is 0.200. The maximum absolute atomic E-state index is 13.1. The first-order valence-electron chi connectivity index (χ1n) is 6.73. The van der Waals surface area contributed by atoms with Gasteiger partial charge in [-0.15, -0.1) is 0 Å². The Morgan fingerprint density at radius 2 is 2.00 bits per heavy atom. The molecule has 2 rings (SSSR count). The minimum Gasteiger partial charge on any atom is -0.465 e. The Morgan fingerprint density at radius 1 is 1.29 bits per heavy atom. The first-order valence-corrected chi connectivity index (χ1v) is 6.73. The lowest BCUT2D eigenvalue weighted by atomic mass is 10.1. The standard InChI is InChI=1S/C15H13F4N3O2/c1-8-4-10(6-20-13(8)7-21-14(23)24)22-12-3-2-9(16)5-11(12)15(17,18)19/h2-6,21-22H,7H2,1H3,(H,23,24). The number of benzene rings is 1. The summed E-state index contributed by atoms with van der Waals surface area (Å²) in [6, 6.07) is 3.85. The Labute approximate surface area is 134 Å². The van der Waals surface area contributed by atoms with Crippen molar-refractivity contribution in [1.82, 2.24) is 10.3 Å². The van der Waals surface area contributed by atoms with Crippen LogP contribution in [0.5, 0.6) is 0 Å². The van der Waals surface area contributed by atoms with Crippen LogP contribution in [0.1, 0.15) is 16.8 Å². The van der Waals surface area contributed by atoms with Crippen molar-refractivity contribution in [2.45, 2.75) is 19.6 Å². The van der Waals surface area contributed by atoms with Gasteiger partial charge >= 0.3 is 12.3 Å². The summed E-state index contributed by atoms with van der Waals surface area (Å²) in [6.45, 7) is 1.62. The lowest BCUT2D eigenvalue weighted by Gasteiger charge is -2.15. The Morgan fingerprint density at radius 3 is 2.58 bits per heavy atom. The molecule has 3 N–H and O–H groups in total. The number of hydrogen-bond donors (Lipinski definition) is 3. The van der Waals surface area contributed by atoms with Gasteiger partial charge in [0.1, 0.15) is 5.82 Å². The second-order valence-corrected chi connectivity index (χ2v) is 4.96. The molecule has 0 atom stereocenters. The van der Waals surface area contributed by atoms with Crippen molar-refractivity contribution in [1.29, 1.82) is 0 Å². The number of aromatic nitrogens is 1. The number of pyridine rings is 1. The molecule has 1 heterocycles. The van der Waals surface area contributed by atoms with Crippen molar-refractivity contribution in [3.63, 3.8) is 0 Å². The van der Waals surface area contributed by atoms with Crippen molar-refractivity contribution >= 4 is 17.5 Å². The van der Waals surface area contributed by atoms with E-state index in [0.717, 1.165) is 12.1 Å². The van der Waals surface area contributed by atoms with Crippen molar-refractivity contribution in [3.05, 3.63) is 53.1 Å². The third-order valence-corrected chi connectivity index (χ3v) is 3.16. The Balaban J connectivity index is 2.26. The topological polar surface area (TPSA) is 74.2 Å². The maximum atomic E-state index is 13.1. The van der Waals surface area contributed by atoms with Crippen LogP contribution in [0.3, 0.4) is 0 Å². The van der Waals surface area contributed by atoms with Gasteiger partial charge in [-0.2, -0.15) is 13.2 Å². The zero-order valence-electron chi connectivity index (χ0n) is 12.4. The number of nitrogens with one attached hydrogen (secondary N) is 2. The molecule has 0 unspecified atom stereocenters. The summed E-state index contributed by atoms with van der Waals surface area (Å²) in [5.74, 6) is -0.989. The molecular weight excluding hydrogens is 330 g/mol. The number of aryl methyl sites for hydroxylation is 1. The van der Waals surface area contributed by atoms with Crippen LogP contribution in [-0.2, 0) is 12.7 Å². The first-order chi connectivity index (χ1) is 11.2. The molecule has 5 nitrogen and oxygen atoms in total. The highest BCUT2D eigenvalue weighted by molar-refractivity contribution is 5.65. The van der Waals surface area contributed by atoms with Crippen LogP contribution >= 0.6 is 0 Å². The first kappa shape index (κ1) is 17.5. The largest absolute Gasteiger partial charge is 0.465 e. The molecule has 0 aliphatic carbocycles. The maximum Gasteiger partial charge on any atom is 0.418 e. The third-order valence-electron chi connectivity index (χ3n) is 3.16. The zero-order valence-corrected chi connectivity index (χ0v) is 12.4. The van der Waals surface area contributed by atoms with E-state index in [1.54, 1.807) is 6.92 Å². The lowest BCUT2D eigenvalue weighted by Crippen LogP contribution is -2.21. The predicted molar refractivity (Wildman–Crippen MR) is 78.5 cm³/mol. The molecule has 0 spiro atoms. The number of nitrogens with zero attached hydrogens (tertiary/aromatic N) is 1. The van der Waals surface area contributed by atoms with Crippen LogP contribution in [-0.4, -0.2) is 16.2 Å². The molecule has 0 radical (unpaired) electrons. The van der Waals surface area contributed by atoms with Crippen LogP contribution in [0.25, 0.3) is 0 Å². The number of alkyl halides is 3. The Hall–Kier alpha value is -2.84. The van der Waals surface area contributed by atoms with E-state index < -0.39 is 23.7 Å². The van der Waals surface area contributed by atoms with Crippen molar-refractivity contribution in [3.8, 4) is 0 Å². The molecule has 2 aromatic rings. The minimum atomic E-state index is -4.71. The molecule has 9 heteroatoms. The van der Waals surface area contributed by atoms with Gasteiger partial charge in [0.05, 0.1) is 35.4 Å². The SMILES string of the molecule is Cc1cc(Nc2ccc(F)cc2C(F)(F)F)cnc1CNC(=O)O. The molecule has 128 valence electrons. The number of hydrogen-bond acceptors (Lipinski definition) is 3. The smallest absolute Gasteiger partial charge is 0.418 e. The number of anilines is 2. The van der Waals surface area contributed by atoms with Gasteiger partial charge in [0.15, 0.2) is 0 Å². The van der Waals surface area contributed by atoms with E-state index in [1.807, 2.05) is 0 Å². The van der Waals surface area contributed by atoms with Gasteiger partial charge in [-0.1, -0.05) is 0 Å². The monoisotopic (exact) mass is 343 g/mol. The molecule has 0 aliphatic heterocycles. The summed E-state index contributed by atoms with van der Waals surface area (Å²) in [4.78, 5) is 14.5. The average Bonchev–Trinajstić information content (AvgIpc) is 2.47. The number of carbonyl (C=O) groups is 1. The van der Waals surface area contributed by atoms with Crippen LogP contribution in [0, 0.1) is 12.7 Å². The second kappa shape index (κ2) is 6.73. The summed E-state index contributed by atoms with van der Waals surface area (Å²) in [6.07, 6.45) is -4.65. The van der Waals surface area contributed by atoms with Gasteiger partial charge in [0.25, 0.3) is 0 Å². The summed E-state index contributed by atoms with van der Waals surface area (Å²) < 4.78 is 52.0. The van der Waals surface area contributed by atoms with E-state index in [0.29, 0.717) is 17.3 Å². The highest BCUT2D eigenvalue weighted by Crippen LogP contribution is 2.36. The van der Waals surface area contributed by atoms with Crippen molar-refractivity contribution in [2.24, 2.45) is 0 Å². The van der Waals surface area contributed by atoms with Crippen LogP contribution in [0.2, 0.25) is 0 Å². The van der Waals surface area contributed by atoms with Gasteiger partial charge < -0.3 is 15.7 Å². The van der Waals surface area contributed by atoms with Gasteiger partial charge in [-0.05, 0) is 36.8 Å². The van der Waals surface area contributed by atoms with Crippen molar-refractivity contribution in [2.75, 3.05) is 5.32 Å². The lowest BCUT2D eigenvalue weighted by molar-refractivity contribution is -0.137. The number of rotatable bonds is 4. The minimum absolute atomic E-state index is 0.0220. The number of carboxylic acid groups (broad SMARTS) is 1. The van der Waals surface area contributed by atoms with E-state index >= 15 is 0 Å². The highest BCUT2D eigenvalue weighted by Gasteiger charge is 2.34. The van der Waals surface area contributed by atoms with Crippen LogP contribution in [0.15, 0.2) is 30.5 Å². The molecule has 0 fully saturated rings. The quantitative estimate of drug-likeness (QED) is 0.732. The fourth-order valence-electron chi connectivity index (χ4n) is 2.03. The van der Waals surface area contributed by atoms with Gasteiger partial charge in [-0.3, -0.25) is 4.98 Å². The van der Waals surface area contributed by atoms with E-state index in [-0.39, 0.29) is 17.9 Å². The number of halogens is 4. The molecule has 0 saturated heterocycles. The molecule has 1 aromatic carbocycles. The van der Waals surface area contributed by atoms with Gasteiger partial charge in [0, 0.05) is 0 Å². The molecular formula is C15H13F4N3O2. The molecule has 0 aliphatic rings. The van der Waals surface area contributed by atoms with E-state index in [1.165, 1.54) is 12.3 Å². The summed E-state index contributed by atoms with van der Waals surface area (Å²) in [5.41, 5.74) is -0.135. The molecule has 1 amide bonds. The molecule has 0 saturated carbocycles. The summed E-state index contributed by atoms with van der Waals surface area (Å²) >= 11 is 0. The Bertz CT molecular complexity index is 763. The third kappa shape index (κ3) is 4.34. The predicted octanol–water partition coefficient (Wildman–Crippen LogP) is 4.06. The molecule has 24 heavy (non-hydrogen) atoms. The summed E-state index contributed by atoms with van der Waals surface area (Å²) in [5, 5.41) is 13.3.